The Balaban J connectivity index is 2.68. The van der Waals surface area contributed by atoms with Gasteiger partial charge in [-0.3, -0.25) is 0 Å². The fraction of sp³-hybridized carbons (Fsp3) is 1.00. The number of nitrogens with zero attached hydrogens (tertiary/aromatic N) is 1. The monoisotopic (exact) mass is 262 g/mol. The minimum Gasteiger partial charge on any atom is -0.329 e. The first-order chi connectivity index (χ1) is 7.86. The van der Waals surface area contributed by atoms with Gasteiger partial charge >= 0.3 is 0 Å². The number of sulfonamides is 1. The van der Waals surface area contributed by atoms with Gasteiger partial charge in [0.2, 0.25) is 10.0 Å². The van der Waals surface area contributed by atoms with Crippen molar-refractivity contribution in [2.45, 2.75) is 46.1 Å². The summed E-state index contributed by atoms with van der Waals surface area (Å²) in [6.07, 6.45) is 2.58. The Morgan fingerprint density at radius 2 is 2.06 bits per heavy atom. The summed E-state index contributed by atoms with van der Waals surface area (Å²) in [7, 11) is -3.11. The molecule has 1 rings (SSSR count). The Morgan fingerprint density at radius 3 is 2.59 bits per heavy atom. The van der Waals surface area contributed by atoms with Crippen molar-refractivity contribution in [2.75, 3.05) is 18.8 Å². The highest BCUT2D eigenvalue weighted by atomic mass is 32.2. The lowest BCUT2D eigenvalue weighted by molar-refractivity contribution is 0.211. The first-order valence-electron chi connectivity index (χ1n) is 6.56. The molecule has 0 radical (unpaired) electrons. The maximum atomic E-state index is 12.2. The Kier molecular flexibility index (Phi) is 5.41. The van der Waals surface area contributed by atoms with Gasteiger partial charge in [0.25, 0.3) is 0 Å². The topological polar surface area (TPSA) is 63.4 Å². The Labute approximate surface area is 106 Å². The zero-order valence-corrected chi connectivity index (χ0v) is 12.0. The molecule has 102 valence electrons. The van der Waals surface area contributed by atoms with Gasteiger partial charge in [-0.15, -0.1) is 0 Å². The molecule has 17 heavy (non-hydrogen) atoms. The highest BCUT2D eigenvalue weighted by molar-refractivity contribution is 7.89. The van der Waals surface area contributed by atoms with E-state index in [1.807, 2.05) is 13.8 Å². The van der Waals surface area contributed by atoms with E-state index in [2.05, 4.69) is 6.92 Å². The summed E-state index contributed by atoms with van der Waals surface area (Å²) in [4.78, 5) is 0. The Morgan fingerprint density at radius 1 is 1.41 bits per heavy atom. The van der Waals surface area contributed by atoms with Crippen LogP contribution in [0.15, 0.2) is 0 Å². The average molecular weight is 262 g/mol. The van der Waals surface area contributed by atoms with Crippen LogP contribution in [-0.4, -0.2) is 37.6 Å². The summed E-state index contributed by atoms with van der Waals surface area (Å²) in [5.41, 5.74) is 5.70. The van der Waals surface area contributed by atoms with Crippen LogP contribution in [0.25, 0.3) is 0 Å². The first kappa shape index (κ1) is 14.9. The molecule has 0 spiro atoms. The number of hydrogen-bond acceptors (Lipinski definition) is 3. The first-order valence-corrected chi connectivity index (χ1v) is 8.17. The van der Waals surface area contributed by atoms with E-state index in [1.54, 1.807) is 4.31 Å². The number of hydrogen-bond donors (Lipinski definition) is 1. The van der Waals surface area contributed by atoms with E-state index in [1.165, 1.54) is 0 Å². The van der Waals surface area contributed by atoms with Crippen LogP contribution in [0.4, 0.5) is 0 Å². The minimum absolute atomic E-state index is 0.0101. The van der Waals surface area contributed by atoms with Crippen LogP contribution < -0.4 is 5.73 Å². The molecule has 2 unspecified atom stereocenters. The second-order valence-corrected chi connectivity index (χ2v) is 7.67. The van der Waals surface area contributed by atoms with Crippen LogP contribution in [0.3, 0.4) is 0 Å². The molecular formula is C12H26N2O2S. The Hall–Kier alpha value is -0.130. The smallest absolute Gasteiger partial charge is 0.214 e. The van der Waals surface area contributed by atoms with Crippen LogP contribution in [0.5, 0.6) is 0 Å². The molecule has 0 aromatic carbocycles. The molecule has 1 saturated heterocycles. The van der Waals surface area contributed by atoms with Gasteiger partial charge < -0.3 is 5.73 Å². The highest BCUT2D eigenvalue weighted by Crippen LogP contribution is 2.25. The van der Waals surface area contributed by atoms with Crippen LogP contribution >= 0.6 is 0 Å². The minimum atomic E-state index is -3.11. The van der Waals surface area contributed by atoms with Gasteiger partial charge in [-0.1, -0.05) is 20.8 Å². The van der Waals surface area contributed by atoms with Crippen molar-refractivity contribution < 1.29 is 8.42 Å². The lowest BCUT2D eigenvalue weighted by Crippen LogP contribution is -2.49. The summed E-state index contributed by atoms with van der Waals surface area (Å²) in [5.74, 6) is 1.26. The van der Waals surface area contributed by atoms with Crippen molar-refractivity contribution >= 4 is 10.0 Å². The standard InChI is InChI=1S/C12H26N2O2S/c1-10(2)5-7-17(15,16)14-6-4-11(3)8-12(14)9-13/h10-12H,4-9,13H2,1-3H3. The third kappa shape index (κ3) is 4.23. The van der Waals surface area contributed by atoms with Crippen LogP contribution in [-0.2, 0) is 10.0 Å². The quantitative estimate of drug-likeness (QED) is 0.815. The summed E-state index contributed by atoms with van der Waals surface area (Å²) in [6.45, 7) is 7.35. The summed E-state index contributed by atoms with van der Waals surface area (Å²) in [6, 6.07) is 0.0101. The van der Waals surface area contributed by atoms with Crippen molar-refractivity contribution in [1.82, 2.24) is 4.31 Å². The van der Waals surface area contributed by atoms with Crippen molar-refractivity contribution in [3.63, 3.8) is 0 Å². The number of nitrogens with two attached hydrogens (primary N) is 1. The molecule has 0 aliphatic carbocycles. The van der Waals surface area contributed by atoms with Gasteiger partial charge in [0.05, 0.1) is 5.75 Å². The van der Waals surface area contributed by atoms with Crippen molar-refractivity contribution in [3.8, 4) is 0 Å². The second kappa shape index (κ2) is 6.16. The van der Waals surface area contributed by atoms with Gasteiger partial charge in [0.1, 0.15) is 0 Å². The van der Waals surface area contributed by atoms with E-state index in [0.717, 1.165) is 19.3 Å². The summed E-state index contributed by atoms with van der Waals surface area (Å²) >= 11 is 0. The third-order valence-corrected chi connectivity index (χ3v) is 5.45. The molecule has 0 bridgehead atoms. The highest BCUT2D eigenvalue weighted by Gasteiger charge is 2.33. The fourth-order valence-electron chi connectivity index (χ4n) is 2.31. The maximum Gasteiger partial charge on any atom is 0.214 e. The predicted octanol–water partition coefficient (Wildman–Crippen LogP) is 1.42. The fourth-order valence-corrected chi connectivity index (χ4v) is 4.33. The van der Waals surface area contributed by atoms with Gasteiger partial charge in [-0.25, -0.2) is 8.42 Å². The second-order valence-electron chi connectivity index (χ2n) is 5.63. The van der Waals surface area contributed by atoms with Crippen molar-refractivity contribution in [3.05, 3.63) is 0 Å². The number of piperidine rings is 1. The molecular weight excluding hydrogens is 236 g/mol. The molecule has 5 heteroatoms. The molecule has 0 aromatic rings. The maximum absolute atomic E-state index is 12.2. The van der Waals surface area contributed by atoms with Crippen LogP contribution in [0, 0.1) is 11.8 Å². The van der Waals surface area contributed by atoms with Gasteiger partial charge in [0.15, 0.2) is 0 Å². The molecule has 1 heterocycles. The van der Waals surface area contributed by atoms with Crippen LogP contribution in [0.2, 0.25) is 0 Å². The third-order valence-electron chi connectivity index (χ3n) is 3.51. The zero-order chi connectivity index (χ0) is 13.1. The molecule has 2 atom stereocenters. The Bertz CT molecular complexity index is 327. The van der Waals surface area contributed by atoms with E-state index >= 15 is 0 Å². The zero-order valence-electron chi connectivity index (χ0n) is 11.2. The van der Waals surface area contributed by atoms with Gasteiger partial charge in [-0.2, -0.15) is 4.31 Å². The normalized spacial score (nSPS) is 27.6. The molecule has 2 N–H and O–H groups in total. The van der Waals surface area contributed by atoms with Crippen molar-refractivity contribution in [2.24, 2.45) is 17.6 Å². The molecule has 1 aliphatic heterocycles. The number of rotatable bonds is 5. The average Bonchev–Trinajstić information content (AvgIpc) is 2.26. The molecule has 0 aromatic heterocycles. The van der Waals surface area contributed by atoms with Gasteiger partial charge in [0, 0.05) is 19.1 Å². The molecule has 1 fully saturated rings. The van der Waals surface area contributed by atoms with Crippen LogP contribution in [0.1, 0.15) is 40.0 Å². The van der Waals surface area contributed by atoms with E-state index in [4.69, 9.17) is 5.73 Å². The van der Waals surface area contributed by atoms with E-state index < -0.39 is 10.0 Å². The lowest BCUT2D eigenvalue weighted by atomic mass is 9.94. The molecule has 0 amide bonds. The summed E-state index contributed by atoms with van der Waals surface area (Å²) < 4.78 is 26.1. The predicted molar refractivity (Wildman–Crippen MR) is 71.2 cm³/mol. The van der Waals surface area contributed by atoms with E-state index in [-0.39, 0.29) is 11.8 Å². The molecule has 4 nitrogen and oxygen atoms in total. The molecule has 0 saturated carbocycles. The largest absolute Gasteiger partial charge is 0.329 e. The van der Waals surface area contributed by atoms with Gasteiger partial charge in [-0.05, 0) is 31.1 Å². The molecule has 1 aliphatic rings. The summed E-state index contributed by atoms with van der Waals surface area (Å²) in [5, 5.41) is 0. The SMILES string of the molecule is CC(C)CCS(=O)(=O)N1CCC(C)CC1CN. The van der Waals surface area contributed by atoms with E-state index in [0.29, 0.717) is 24.9 Å². The van der Waals surface area contributed by atoms with E-state index in [9.17, 15) is 8.42 Å². The lowest BCUT2D eigenvalue weighted by Gasteiger charge is -2.37. The van der Waals surface area contributed by atoms with Crippen molar-refractivity contribution in [1.29, 1.82) is 0 Å².